The van der Waals surface area contributed by atoms with Crippen molar-refractivity contribution >= 4 is 16.9 Å². The lowest BCUT2D eigenvalue weighted by molar-refractivity contribution is 0.0939. The first kappa shape index (κ1) is 16.8. The van der Waals surface area contributed by atoms with E-state index in [9.17, 15) is 9.59 Å². The molecule has 2 N–H and O–H groups in total. The molecule has 2 heterocycles. The monoisotopic (exact) mass is 358 g/mol. The second-order valence-corrected chi connectivity index (χ2v) is 6.25. The van der Waals surface area contributed by atoms with Gasteiger partial charge in [0.25, 0.3) is 11.5 Å². The molecule has 4 rings (SSSR count). The molecule has 2 aromatic carbocycles. The average molecular weight is 358 g/mol. The molecule has 134 valence electrons. The van der Waals surface area contributed by atoms with Crippen molar-refractivity contribution in [2.24, 2.45) is 7.05 Å². The third-order valence-electron chi connectivity index (χ3n) is 4.55. The zero-order valence-corrected chi connectivity index (χ0v) is 14.7. The topological polar surface area (TPSA) is 79.8 Å². The van der Waals surface area contributed by atoms with Crippen molar-refractivity contribution in [3.05, 3.63) is 100 Å². The molecule has 1 atom stereocenters. The van der Waals surface area contributed by atoms with E-state index in [1.54, 1.807) is 6.07 Å². The van der Waals surface area contributed by atoms with Crippen LogP contribution in [0.5, 0.6) is 0 Å². The molecular weight excluding hydrogens is 340 g/mol. The molecule has 0 fully saturated rings. The summed E-state index contributed by atoms with van der Waals surface area (Å²) in [7, 11) is 1.92. The highest BCUT2D eigenvalue weighted by molar-refractivity contribution is 5.94. The number of H-pyrrole nitrogens is 1. The van der Waals surface area contributed by atoms with Gasteiger partial charge in [0.1, 0.15) is 17.4 Å². The molecule has 2 aromatic heterocycles. The van der Waals surface area contributed by atoms with E-state index in [0.717, 1.165) is 16.6 Å². The summed E-state index contributed by atoms with van der Waals surface area (Å²) in [5, 5.41) is 2.97. The minimum Gasteiger partial charge on any atom is -0.338 e. The van der Waals surface area contributed by atoms with Crippen LogP contribution < -0.4 is 10.9 Å². The summed E-state index contributed by atoms with van der Waals surface area (Å²) in [6, 6.07) is 20.0. The van der Waals surface area contributed by atoms with Crippen LogP contribution in [0.15, 0.2) is 77.7 Å². The fourth-order valence-corrected chi connectivity index (χ4v) is 3.17. The van der Waals surface area contributed by atoms with Gasteiger partial charge in [0.2, 0.25) is 0 Å². The first-order chi connectivity index (χ1) is 13.1. The molecule has 0 spiro atoms. The molecule has 1 amide bonds. The minimum atomic E-state index is -0.490. The number of aryl methyl sites for hydroxylation is 1. The van der Waals surface area contributed by atoms with Gasteiger partial charge in [0.15, 0.2) is 0 Å². The van der Waals surface area contributed by atoms with E-state index in [0.29, 0.717) is 5.82 Å². The zero-order valence-electron chi connectivity index (χ0n) is 14.7. The molecule has 4 aromatic rings. The largest absolute Gasteiger partial charge is 0.338 e. The summed E-state index contributed by atoms with van der Waals surface area (Å²) in [6.07, 6.45) is 1.50. The van der Waals surface area contributed by atoms with Gasteiger partial charge >= 0.3 is 0 Å². The van der Waals surface area contributed by atoms with Crippen molar-refractivity contribution in [2.75, 3.05) is 0 Å². The second-order valence-electron chi connectivity index (χ2n) is 6.25. The highest BCUT2D eigenvalue weighted by atomic mass is 16.2. The summed E-state index contributed by atoms with van der Waals surface area (Å²) >= 11 is 0. The van der Waals surface area contributed by atoms with Gasteiger partial charge in [-0.1, -0.05) is 42.5 Å². The van der Waals surface area contributed by atoms with Crippen LogP contribution >= 0.6 is 0 Å². The number of benzene rings is 2. The molecule has 0 radical (unpaired) electrons. The number of hydrogen-bond donors (Lipinski definition) is 2. The Morgan fingerprint density at radius 3 is 2.52 bits per heavy atom. The van der Waals surface area contributed by atoms with Gasteiger partial charge in [-0.05, 0) is 29.8 Å². The maximum absolute atomic E-state index is 12.8. The van der Waals surface area contributed by atoms with Gasteiger partial charge in [-0.15, -0.1) is 0 Å². The van der Waals surface area contributed by atoms with Crippen LogP contribution in [-0.2, 0) is 7.05 Å². The molecular formula is C21H18N4O2. The Kier molecular flexibility index (Phi) is 4.30. The van der Waals surface area contributed by atoms with E-state index in [1.165, 1.54) is 12.3 Å². The van der Waals surface area contributed by atoms with Crippen molar-refractivity contribution in [1.82, 2.24) is 19.9 Å². The fourth-order valence-electron chi connectivity index (χ4n) is 3.17. The number of nitrogens with one attached hydrogen (secondary N) is 2. The van der Waals surface area contributed by atoms with Crippen molar-refractivity contribution in [2.45, 2.75) is 6.04 Å². The maximum atomic E-state index is 12.8. The Morgan fingerprint density at radius 1 is 1.04 bits per heavy atom. The van der Waals surface area contributed by atoms with Gasteiger partial charge < -0.3 is 14.9 Å². The number of amides is 1. The van der Waals surface area contributed by atoms with Crippen LogP contribution in [0.4, 0.5) is 0 Å². The lowest BCUT2D eigenvalue weighted by atomic mass is 10.1. The zero-order chi connectivity index (χ0) is 18.8. The van der Waals surface area contributed by atoms with Crippen LogP contribution in [0.3, 0.4) is 0 Å². The van der Waals surface area contributed by atoms with Gasteiger partial charge in [-0.2, -0.15) is 0 Å². The lowest BCUT2D eigenvalue weighted by Gasteiger charge is -2.19. The summed E-state index contributed by atoms with van der Waals surface area (Å²) in [6.45, 7) is 0. The van der Waals surface area contributed by atoms with Crippen LogP contribution in [0.2, 0.25) is 0 Å². The number of aromatic nitrogens is 3. The molecule has 0 aliphatic heterocycles. The smallest absolute Gasteiger partial charge is 0.260 e. The van der Waals surface area contributed by atoms with Crippen LogP contribution in [0.25, 0.3) is 11.0 Å². The number of aromatic amines is 1. The number of carbonyl (C=O) groups is 1. The Morgan fingerprint density at radius 2 is 1.78 bits per heavy atom. The quantitative estimate of drug-likeness (QED) is 0.589. The summed E-state index contributed by atoms with van der Waals surface area (Å²) in [5.41, 5.74) is 2.35. The van der Waals surface area contributed by atoms with Gasteiger partial charge in [0.05, 0.1) is 11.0 Å². The van der Waals surface area contributed by atoms with E-state index < -0.39 is 17.5 Å². The number of hydrogen-bond acceptors (Lipinski definition) is 3. The van der Waals surface area contributed by atoms with Crippen LogP contribution in [-0.4, -0.2) is 20.4 Å². The fraction of sp³-hybridized carbons (Fsp3) is 0.0952. The SMILES string of the molecule is Cn1c(C(NC(=O)c2ccc[nH]c2=O)c2ccccc2)nc2ccccc21. The molecule has 1 unspecified atom stereocenters. The number of para-hydroxylation sites is 2. The summed E-state index contributed by atoms with van der Waals surface area (Å²) in [4.78, 5) is 32.0. The molecule has 0 saturated carbocycles. The normalized spacial score (nSPS) is 12.0. The third kappa shape index (κ3) is 3.13. The van der Waals surface area contributed by atoms with Crippen molar-refractivity contribution in [3.8, 4) is 0 Å². The molecule has 6 heteroatoms. The first-order valence-corrected chi connectivity index (χ1v) is 8.60. The number of imidazole rings is 1. The van der Waals surface area contributed by atoms with Crippen molar-refractivity contribution < 1.29 is 4.79 Å². The van der Waals surface area contributed by atoms with E-state index >= 15 is 0 Å². The maximum Gasteiger partial charge on any atom is 0.260 e. The number of carbonyl (C=O) groups excluding carboxylic acids is 1. The predicted molar refractivity (Wildman–Crippen MR) is 104 cm³/mol. The van der Waals surface area contributed by atoms with Gasteiger partial charge in [0, 0.05) is 13.2 Å². The molecule has 0 saturated heterocycles. The number of rotatable bonds is 4. The van der Waals surface area contributed by atoms with Crippen LogP contribution in [0, 0.1) is 0 Å². The summed E-state index contributed by atoms with van der Waals surface area (Å²) < 4.78 is 1.96. The molecule has 27 heavy (non-hydrogen) atoms. The van der Waals surface area contributed by atoms with E-state index in [-0.39, 0.29) is 5.56 Å². The molecule has 0 aliphatic carbocycles. The Hall–Kier alpha value is -3.67. The highest BCUT2D eigenvalue weighted by Crippen LogP contribution is 2.25. The van der Waals surface area contributed by atoms with E-state index in [4.69, 9.17) is 4.98 Å². The summed E-state index contributed by atoms with van der Waals surface area (Å²) in [5.74, 6) is 0.251. The Balaban J connectivity index is 1.80. The molecule has 0 aliphatic rings. The van der Waals surface area contributed by atoms with Gasteiger partial charge in [-0.3, -0.25) is 9.59 Å². The van der Waals surface area contributed by atoms with Crippen molar-refractivity contribution in [1.29, 1.82) is 0 Å². The van der Waals surface area contributed by atoms with E-state index in [1.807, 2.05) is 66.2 Å². The average Bonchev–Trinajstić information content (AvgIpc) is 3.04. The standard InChI is InChI=1S/C21H18N4O2/c1-25-17-12-6-5-11-16(17)23-19(25)18(14-8-3-2-4-9-14)24-21(27)15-10-7-13-22-20(15)26/h2-13,18H,1H3,(H,22,26)(H,24,27). The number of pyridine rings is 1. The Bertz CT molecular complexity index is 1160. The van der Waals surface area contributed by atoms with Gasteiger partial charge in [-0.25, -0.2) is 4.98 Å². The second kappa shape index (κ2) is 6.92. The molecule has 0 bridgehead atoms. The van der Waals surface area contributed by atoms with Crippen molar-refractivity contribution in [3.63, 3.8) is 0 Å². The predicted octanol–water partition coefficient (Wildman–Crippen LogP) is 2.78. The highest BCUT2D eigenvalue weighted by Gasteiger charge is 2.24. The first-order valence-electron chi connectivity index (χ1n) is 8.60. The van der Waals surface area contributed by atoms with Crippen LogP contribution in [0.1, 0.15) is 27.8 Å². The Labute approximate surface area is 155 Å². The minimum absolute atomic E-state index is 0.0668. The molecule has 6 nitrogen and oxygen atoms in total. The van der Waals surface area contributed by atoms with E-state index in [2.05, 4.69) is 10.3 Å². The third-order valence-corrected chi connectivity index (χ3v) is 4.55. The number of nitrogens with zero attached hydrogens (tertiary/aromatic N) is 2. The number of fused-ring (bicyclic) bond motifs is 1. The lowest BCUT2D eigenvalue weighted by Crippen LogP contribution is -2.34.